The summed E-state index contributed by atoms with van der Waals surface area (Å²) in [5, 5.41) is 57.4. The minimum Gasteiger partial charge on any atom is -0.481 e. The Morgan fingerprint density at radius 2 is 0.974 bits per heavy atom. The second-order valence-corrected chi connectivity index (χ2v) is 10.3. The first-order valence-electron chi connectivity index (χ1n) is 14.2. The van der Waals surface area contributed by atoms with Crippen molar-refractivity contribution in [1.82, 2.24) is 0 Å². The van der Waals surface area contributed by atoms with E-state index in [2.05, 4.69) is 6.92 Å². The second-order valence-electron chi connectivity index (χ2n) is 10.3. The highest BCUT2D eigenvalue weighted by Gasteiger charge is 2.60. The standard InChI is InChI=1S/C28H50O10/c1-2-3-4-5-6-7-8-9-10-11-12-13-14-15-16-17-18-28(27(37)38,25(34)22(32)20-30)23(26(35)36)24(33)21(31)19-29/h21-23,29-32H,2-20H2,1H3,(H,35,36)(H,37,38). The van der Waals surface area contributed by atoms with Crippen molar-refractivity contribution < 1.29 is 49.8 Å². The lowest BCUT2D eigenvalue weighted by Crippen LogP contribution is -2.57. The first-order valence-corrected chi connectivity index (χ1v) is 14.2. The van der Waals surface area contributed by atoms with Crippen molar-refractivity contribution in [3.8, 4) is 0 Å². The third-order valence-electron chi connectivity index (χ3n) is 7.25. The van der Waals surface area contributed by atoms with Crippen LogP contribution < -0.4 is 0 Å². The third kappa shape index (κ3) is 12.3. The third-order valence-corrected chi connectivity index (χ3v) is 7.25. The predicted molar refractivity (Wildman–Crippen MR) is 142 cm³/mol. The number of carbonyl (C=O) groups excluding carboxylic acids is 2. The molecule has 0 aromatic rings. The minimum atomic E-state index is -2.89. The molecule has 4 unspecified atom stereocenters. The van der Waals surface area contributed by atoms with Gasteiger partial charge in [-0.15, -0.1) is 0 Å². The molecule has 10 nitrogen and oxygen atoms in total. The van der Waals surface area contributed by atoms with E-state index in [1.54, 1.807) is 0 Å². The number of aliphatic carboxylic acids is 2. The Bertz CT molecular complexity index is 695. The van der Waals surface area contributed by atoms with Gasteiger partial charge in [0.15, 0.2) is 11.6 Å². The van der Waals surface area contributed by atoms with E-state index in [1.807, 2.05) is 0 Å². The number of rotatable bonds is 26. The summed E-state index contributed by atoms with van der Waals surface area (Å²) in [4.78, 5) is 49.5. The van der Waals surface area contributed by atoms with E-state index in [9.17, 15) is 44.7 Å². The molecule has 0 heterocycles. The van der Waals surface area contributed by atoms with Gasteiger partial charge >= 0.3 is 11.9 Å². The lowest BCUT2D eigenvalue weighted by atomic mass is 9.65. The summed E-state index contributed by atoms with van der Waals surface area (Å²) in [7, 11) is 0. The van der Waals surface area contributed by atoms with Gasteiger partial charge in [0.2, 0.25) is 0 Å². The largest absolute Gasteiger partial charge is 0.481 e. The predicted octanol–water partition coefficient (Wildman–Crippen LogP) is 3.25. The molecule has 0 amide bonds. The zero-order chi connectivity index (χ0) is 29.0. The van der Waals surface area contributed by atoms with Gasteiger partial charge in [-0.1, -0.05) is 110 Å². The van der Waals surface area contributed by atoms with E-state index in [-0.39, 0.29) is 6.42 Å². The van der Waals surface area contributed by atoms with Crippen LogP contribution in [0.3, 0.4) is 0 Å². The minimum absolute atomic E-state index is 0.0841. The second kappa shape index (κ2) is 21.0. The Hall–Kier alpha value is -1.88. The number of Topliss-reactive ketones (excluding diaryl/α,β-unsaturated/α-hetero) is 2. The fourth-order valence-corrected chi connectivity index (χ4v) is 4.94. The van der Waals surface area contributed by atoms with Gasteiger partial charge in [0.1, 0.15) is 23.5 Å². The first-order chi connectivity index (χ1) is 18.1. The summed E-state index contributed by atoms with van der Waals surface area (Å²) >= 11 is 0. The normalized spacial score (nSPS) is 15.4. The molecule has 0 saturated carbocycles. The summed E-state index contributed by atoms with van der Waals surface area (Å²) in [5.41, 5.74) is -2.89. The van der Waals surface area contributed by atoms with Gasteiger partial charge in [-0.2, -0.15) is 0 Å². The SMILES string of the molecule is CCCCCCCCCCCCCCCCCCC(C(=O)O)(C(=O)C(O)CO)C(C(=O)O)C(=O)C(O)CO. The van der Waals surface area contributed by atoms with Crippen molar-refractivity contribution in [2.24, 2.45) is 11.3 Å². The van der Waals surface area contributed by atoms with E-state index in [0.717, 1.165) is 32.1 Å². The van der Waals surface area contributed by atoms with Crippen LogP contribution in [0.25, 0.3) is 0 Å². The highest BCUT2D eigenvalue weighted by molar-refractivity contribution is 6.15. The van der Waals surface area contributed by atoms with Crippen LogP contribution in [0, 0.1) is 11.3 Å². The van der Waals surface area contributed by atoms with Crippen molar-refractivity contribution in [2.75, 3.05) is 13.2 Å². The molecule has 0 spiro atoms. The van der Waals surface area contributed by atoms with Crippen LogP contribution in [0.1, 0.15) is 116 Å². The fraction of sp³-hybridized carbons (Fsp3) is 0.857. The molecule has 0 aliphatic carbocycles. The van der Waals surface area contributed by atoms with Gasteiger partial charge < -0.3 is 30.6 Å². The molecule has 0 aromatic heterocycles. The molecular weight excluding hydrogens is 496 g/mol. The van der Waals surface area contributed by atoms with Gasteiger partial charge in [0.25, 0.3) is 0 Å². The molecule has 38 heavy (non-hydrogen) atoms. The Labute approximate surface area is 226 Å². The first kappa shape index (κ1) is 36.1. The Kier molecular flexibility index (Phi) is 20.0. The molecule has 0 rings (SSSR count). The Balaban J connectivity index is 4.74. The van der Waals surface area contributed by atoms with Crippen molar-refractivity contribution >= 4 is 23.5 Å². The van der Waals surface area contributed by atoms with Crippen molar-refractivity contribution in [1.29, 1.82) is 0 Å². The van der Waals surface area contributed by atoms with E-state index in [0.29, 0.717) is 6.42 Å². The molecule has 6 N–H and O–H groups in total. The Morgan fingerprint density at radius 1 is 0.605 bits per heavy atom. The highest BCUT2D eigenvalue weighted by atomic mass is 16.4. The summed E-state index contributed by atoms with van der Waals surface area (Å²) in [5.74, 6) is -9.51. The zero-order valence-electron chi connectivity index (χ0n) is 23.0. The van der Waals surface area contributed by atoms with Crippen LogP contribution in [-0.2, 0) is 19.2 Å². The quantitative estimate of drug-likeness (QED) is 0.0693. The number of aliphatic hydroxyl groups excluding tert-OH is 4. The maximum atomic E-state index is 12.8. The zero-order valence-corrected chi connectivity index (χ0v) is 23.0. The van der Waals surface area contributed by atoms with Gasteiger partial charge in [-0.05, 0) is 6.42 Å². The molecule has 0 aliphatic heterocycles. The molecule has 0 aliphatic rings. The number of carboxylic acids is 2. The molecule has 0 aromatic carbocycles. The topological polar surface area (TPSA) is 190 Å². The fourth-order valence-electron chi connectivity index (χ4n) is 4.94. The van der Waals surface area contributed by atoms with Gasteiger partial charge in [0.05, 0.1) is 13.2 Å². The van der Waals surface area contributed by atoms with Crippen LogP contribution in [-0.4, -0.2) is 79.6 Å². The number of carboxylic acid groups (broad SMARTS) is 2. The van der Waals surface area contributed by atoms with E-state index >= 15 is 0 Å². The molecule has 0 fully saturated rings. The monoisotopic (exact) mass is 546 g/mol. The number of aliphatic hydroxyl groups is 4. The lowest BCUT2D eigenvalue weighted by molar-refractivity contribution is -0.176. The Morgan fingerprint density at radius 3 is 1.29 bits per heavy atom. The summed E-state index contributed by atoms with van der Waals surface area (Å²) < 4.78 is 0. The number of unbranched alkanes of at least 4 members (excludes halogenated alkanes) is 15. The maximum Gasteiger partial charge on any atom is 0.318 e. The van der Waals surface area contributed by atoms with Crippen LogP contribution in [0.2, 0.25) is 0 Å². The lowest BCUT2D eigenvalue weighted by Gasteiger charge is -2.34. The van der Waals surface area contributed by atoms with Crippen LogP contribution in [0.15, 0.2) is 0 Å². The average molecular weight is 547 g/mol. The maximum absolute atomic E-state index is 12.8. The van der Waals surface area contributed by atoms with E-state index < -0.39 is 66.7 Å². The molecular formula is C28H50O10. The number of hydrogen-bond acceptors (Lipinski definition) is 8. The van der Waals surface area contributed by atoms with Gasteiger partial charge in [-0.3, -0.25) is 19.2 Å². The smallest absolute Gasteiger partial charge is 0.318 e. The van der Waals surface area contributed by atoms with Crippen LogP contribution in [0.4, 0.5) is 0 Å². The van der Waals surface area contributed by atoms with Crippen molar-refractivity contribution in [3.05, 3.63) is 0 Å². The average Bonchev–Trinajstić information content (AvgIpc) is 2.89. The number of carbonyl (C=O) groups is 4. The van der Waals surface area contributed by atoms with E-state index in [1.165, 1.54) is 57.8 Å². The highest BCUT2D eigenvalue weighted by Crippen LogP contribution is 2.38. The van der Waals surface area contributed by atoms with Gasteiger partial charge in [0, 0.05) is 0 Å². The summed E-state index contributed by atoms with van der Waals surface area (Å²) in [6, 6.07) is 0. The van der Waals surface area contributed by atoms with E-state index in [4.69, 9.17) is 5.11 Å². The van der Waals surface area contributed by atoms with Crippen molar-refractivity contribution in [3.63, 3.8) is 0 Å². The van der Waals surface area contributed by atoms with Crippen LogP contribution >= 0.6 is 0 Å². The summed E-state index contributed by atoms with van der Waals surface area (Å²) in [6.07, 6.45) is 12.0. The molecule has 10 heteroatoms. The molecule has 4 atom stereocenters. The molecule has 222 valence electrons. The number of hydrogen-bond donors (Lipinski definition) is 6. The van der Waals surface area contributed by atoms with Crippen molar-refractivity contribution in [2.45, 2.75) is 128 Å². The molecule has 0 saturated heterocycles. The molecule has 0 bridgehead atoms. The summed E-state index contributed by atoms with van der Waals surface area (Å²) in [6.45, 7) is -0.0992. The van der Waals surface area contributed by atoms with Gasteiger partial charge in [-0.25, -0.2) is 0 Å². The van der Waals surface area contributed by atoms with Crippen LogP contribution in [0.5, 0.6) is 0 Å². The number of ketones is 2. The molecule has 0 radical (unpaired) electrons.